The lowest BCUT2D eigenvalue weighted by Gasteiger charge is -2.39. The fourth-order valence-corrected chi connectivity index (χ4v) is 3.14. The molecule has 1 aromatic carbocycles. The van der Waals surface area contributed by atoms with Gasteiger partial charge < -0.3 is 4.74 Å². The van der Waals surface area contributed by atoms with Crippen LogP contribution in [0.25, 0.3) is 0 Å². The molecule has 1 aliphatic carbocycles. The van der Waals surface area contributed by atoms with Gasteiger partial charge in [-0.2, -0.15) is 0 Å². The Labute approximate surface area is 116 Å². The molecular weight excluding hydrogens is 258 g/mol. The van der Waals surface area contributed by atoms with Gasteiger partial charge in [-0.3, -0.25) is 19.7 Å². The van der Waals surface area contributed by atoms with Gasteiger partial charge in [0.1, 0.15) is 5.75 Å². The lowest BCUT2D eigenvalue weighted by molar-refractivity contribution is -0.138. The minimum absolute atomic E-state index is 0.0224. The van der Waals surface area contributed by atoms with Crippen molar-refractivity contribution in [3.8, 4) is 5.75 Å². The molecule has 20 heavy (non-hydrogen) atoms. The van der Waals surface area contributed by atoms with Gasteiger partial charge in [0.05, 0.1) is 12.5 Å². The average Bonchev–Trinajstić information content (AvgIpc) is 2.46. The van der Waals surface area contributed by atoms with Crippen LogP contribution >= 0.6 is 0 Å². The Bertz CT molecular complexity index is 622. The summed E-state index contributed by atoms with van der Waals surface area (Å²) in [6.07, 6.45) is 1.56. The van der Waals surface area contributed by atoms with E-state index < -0.39 is 5.41 Å². The Morgan fingerprint density at radius 1 is 1.15 bits per heavy atom. The van der Waals surface area contributed by atoms with E-state index >= 15 is 0 Å². The van der Waals surface area contributed by atoms with Crippen LogP contribution in [-0.2, 0) is 15.0 Å². The lowest BCUT2D eigenvalue weighted by atomic mass is 9.65. The number of nitrogens with one attached hydrogen (secondary N) is 1. The first kappa shape index (κ1) is 12.8. The van der Waals surface area contributed by atoms with Gasteiger partial charge in [0.2, 0.25) is 11.8 Å². The smallest absolute Gasteiger partial charge is 0.237 e. The van der Waals surface area contributed by atoms with Gasteiger partial charge in [-0.15, -0.1) is 0 Å². The Balaban J connectivity index is 2.13. The van der Waals surface area contributed by atoms with Crippen molar-refractivity contribution in [2.24, 2.45) is 0 Å². The number of amides is 2. The molecule has 2 amide bonds. The average molecular weight is 273 g/mol. The summed E-state index contributed by atoms with van der Waals surface area (Å²) < 4.78 is 5.14. The van der Waals surface area contributed by atoms with Crippen molar-refractivity contribution < 1.29 is 19.1 Å². The number of methoxy groups -OCH3 is 1. The maximum absolute atomic E-state index is 12.3. The molecule has 1 heterocycles. The van der Waals surface area contributed by atoms with Crippen LogP contribution in [-0.4, -0.2) is 24.7 Å². The molecule has 1 aliphatic heterocycles. The van der Waals surface area contributed by atoms with Gasteiger partial charge in [0.25, 0.3) is 0 Å². The van der Waals surface area contributed by atoms with Crippen molar-refractivity contribution in [3.05, 3.63) is 29.3 Å². The van der Waals surface area contributed by atoms with Gasteiger partial charge in [-0.25, -0.2) is 0 Å². The molecule has 1 spiro atoms. The SMILES string of the molecule is COc1ccc2c(c1)C(=O)CCC21CCC(=O)NC1=O. The van der Waals surface area contributed by atoms with E-state index in [0.29, 0.717) is 37.0 Å². The molecule has 1 saturated heterocycles. The third-order valence-corrected chi connectivity index (χ3v) is 4.29. The molecule has 0 radical (unpaired) electrons. The van der Waals surface area contributed by atoms with Gasteiger partial charge in [-0.05, 0) is 30.5 Å². The number of Topliss-reactive ketones (excluding diaryl/α,β-unsaturated/α-hetero) is 1. The van der Waals surface area contributed by atoms with Gasteiger partial charge in [0, 0.05) is 18.4 Å². The normalized spacial score (nSPS) is 25.4. The zero-order valence-electron chi connectivity index (χ0n) is 11.2. The zero-order chi connectivity index (χ0) is 14.3. The van der Waals surface area contributed by atoms with Crippen LogP contribution < -0.4 is 10.1 Å². The predicted molar refractivity (Wildman–Crippen MR) is 70.6 cm³/mol. The summed E-state index contributed by atoms with van der Waals surface area (Å²) in [6, 6.07) is 5.21. The first-order chi connectivity index (χ1) is 9.56. The molecule has 1 aromatic rings. The van der Waals surface area contributed by atoms with E-state index in [1.54, 1.807) is 18.2 Å². The summed E-state index contributed by atoms with van der Waals surface area (Å²) in [5.74, 6) is 0.0934. The third-order valence-electron chi connectivity index (χ3n) is 4.29. The van der Waals surface area contributed by atoms with Crippen LogP contribution in [0.1, 0.15) is 41.6 Å². The second-order valence-corrected chi connectivity index (χ2v) is 5.29. The fraction of sp³-hybridized carbons (Fsp3) is 0.400. The number of hydrogen-bond acceptors (Lipinski definition) is 4. The number of hydrogen-bond donors (Lipinski definition) is 1. The van der Waals surface area contributed by atoms with Gasteiger partial charge >= 0.3 is 0 Å². The monoisotopic (exact) mass is 273 g/mol. The molecule has 0 bridgehead atoms. The number of rotatable bonds is 1. The number of piperidine rings is 1. The predicted octanol–water partition coefficient (Wildman–Crippen LogP) is 1.35. The molecule has 1 unspecified atom stereocenters. The molecule has 0 aromatic heterocycles. The van der Waals surface area contributed by atoms with Crippen LogP contribution in [0.5, 0.6) is 5.75 Å². The highest BCUT2D eigenvalue weighted by Gasteiger charge is 2.48. The number of fused-ring (bicyclic) bond motifs is 2. The molecule has 5 nitrogen and oxygen atoms in total. The minimum Gasteiger partial charge on any atom is -0.497 e. The second kappa shape index (κ2) is 4.44. The van der Waals surface area contributed by atoms with Crippen molar-refractivity contribution >= 4 is 17.6 Å². The van der Waals surface area contributed by atoms with Crippen LogP contribution in [0.15, 0.2) is 18.2 Å². The molecule has 2 aliphatic rings. The Hall–Kier alpha value is -2.17. The molecule has 1 N–H and O–H groups in total. The summed E-state index contributed by atoms with van der Waals surface area (Å²) in [6.45, 7) is 0. The molecular formula is C15H15NO4. The van der Waals surface area contributed by atoms with Gasteiger partial charge in [-0.1, -0.05) is 6.07 Å². The van der Waals surface area contributed by atoms with E-state index in [0.717, 1.165) is 5.56 Å². The highest BCUT2D eigenvalue weighted by molar-refractivity contribution is 6.08. The quantitative estimate of drug-likeness (QED) is 0.784. The summed E-state index contributed by atoms with van der Waals surface area (Å²) in [4.78, 5) is 35.8. The minimum atomic E-state index is -0.747. The number of benzene rings is 1. The van der Waals surface area contributed by atoms with Crippen molar-refractivity contribution in [1.82, 2.24) is 5.32 Å². The van der Waals surface area contributed by atoms with Crippen molar-refractivity contribution in [2.45, 2.75) is 31.1 Å². The van der Waals surface area contributed by atoms with Crippen LogP contribution in [0.2, 0.25) is 0 Å². The van der Waals surface area contributed by atoms with Crippen LogP contribution in [0, 0.1) is 0 Å². The summed E-state index contributed by atoms with van der Waals surface area (Å²) in [7, 11) is 1.54. The van der Waals surface area contributed by atoms with E-state index in [-0.39, 0.29) is 17.6 Å². The van der Waals surface area contributed by atoms with Gasteiger partial charge in [0.15, 0.2) is 5.78 Å². The number of imide groups is 1. The Morgan fingerprint density at radius 2 is 1.90 bits per heavy atom. The highest BCUT2D eigenvalue weighted by Crippen LogP contribution is 2.43. The first-order valence-electron chi connectivity index (χ1n) is 6.63. The van der Waals surface area contributed by atoms with Crippen molar-refractivity contribution in [3.63, 3.8) is 0 Å². The maximum Gasteiger partial charge on any atom is 0.237 e. The number of ether oxygens (including phenoxy) is 1. The molecule has 0 saturated carbocycles. The highest BCUT2D eigenvalue weighted by atomic mass is 16.5. The van der Waals surface area contributed by atoms with E-state index in [1.807, 2.05) is 0 Å². The van der Waals surface area contributed by atoms with E-state index in [4.69, 9.17) is 4.74 Å². The Kier molecular flexibility index (Phi) is 2.85. The standard InChI is InChI=1S/C15H15NO4/c1-20-9-2-3-11-10(8-9)12(17)4-6-15(11)7-5-13(18)16-14(15)19/h2-3,8H,4-7H2,1H3,(H,16,18,19). The van der Waals surface area contributed by atoms with Crippen molar-refractivity contribution in [1.29, 1.82) is 0 Å². The molecule has 104 valence electrons. The largest absolute Gasteiger partial charge is 0.497 e. The summed E-state index contributed by atoms with van der Waals surface area (Å²) in [5, 5.41) is 2.40. The lowest BCUT2D eigenvalue weighted by Crippen LogP contribution is -2.53. The summed E-state index contributed by atoms with van der Waals surface area (Å²) in [5.41, 5.74) is 0.517. The maximum atomic E-state index is 12.3. The number of ketones is 1. The molecule has 3 rings (SSSR count). The molecule has 5 heteroatoms. The fourth-order valence-electron chi connectivity index (χ4n) is 3.14. The van der Waals surface area contributed by atoms with Crippen LogP contribution in [0.4, 0.5) is 0 Å². The van der Waals surface area contributed by atoms with E-state index in [1.165, 1.54) is 7.11 Å². The third kappa shape index (κ3) is 1.73. The zero-order valence-corrected chi connectivity index (χ0v) is 11.2. The van der Waals surface area contributed by atoms with Crippen molar-refractivity contribution in [2.75, 3.05) is 7.11 Å². The molecule has 1 atom stereocenters. The van der Waals surface area contributed by atoms with Crippen LogP contribution in [0.3, 0.4) is 0 Å². The topological polar surface area (TPSA) is 72.5 Å². The van der Waals surface area contributed by atoms with E-state index in [9.17, 15) is 14.4 Å². The molecule has 1 fully saturated rings. The first-order valence-corrected chi connectivity index (χ1v) is 6.63. The Morgan fingerprint density at radius 3 is 2.60 bits per heavy atom. The second-order valence-electron chi connectivity index (χ2n) is 5.29. The van der Waals surface area contributed by atoms with E-state index in [2.05, 4.69) is 5.32 Å². The summed E-state index contributed by atoms with van der Waals surface area (Å²) >= 11 is 0. The number of carbonyl (C=O) groups is 3. The number of carbonyl (C=O) groups excluding carboxylic acids is 3.